The van der Waals surface area contributed by atoms with Crippen molar-refractivity contribution < 1.29 is 4.79 Å². The van der Waals surface area contributed by atoms with Crippen LogP contribution in [0.25, 0.3) is 22.3 Å². The number of allylic oxidation sites excluding steroid dienone is 5. The third kappa shape index (κ3) is 6.09. The fourth-order valence-electron chi connectivity index (χ4n) is 7.49. The van der Waals surface area contributed by atoms with Crippen molar-refractivity contribution in [3.8, 4) is 22.3 Å². The summed E-state index contributed by atoms with van der Waals surface area (Å²) in [5, 5.41) is 3.27. The monoisotopic (exact) mass is 643 g/mol. The van der Waals surface area contributed by atoms with Crippen LogP contribution in [0.1, 0.15) is 47.6 Å². The van der Waals surface area contributed by atoms with Crippen molar-refractivity contribution in [2.45, 2.75) is 53.5 Å². The Morgan fingerprint density at radius 1 is 1.00 bits per heavy atom. The van der Waals surface area contributed by atoms with Crippen molar-refractivity contribution in [2.24, 2.45) is 15.9 Å². The van der Waals surface area contributed by atoms with Gasteiger partial charge in [0.2, 0.25) is 5.91 Å². The van der Waals surface area contributed by atoms with Crippen LogP contribution in [0, 0.1) is 26.7 Å². The molecule has 3 aromatic carbocycles. The van der Waals surface area contributed by atoms with Gasteiger partial charge in [-0.05, 0) is 110 Å². The maximum absolute atomic E-state index is 13.6. The van der Waals surface area contributed by atoms with E-state index in [1.807, 2.05) is 24.3 Å². The number of benzene rings is 3. The van der Waals surface area contributed by atoms with Crippen LogP contribution >= 0.6 is 11.9 Å². The number of piperidine rings is 1. The van der Waals surface area contributed by atoms with E-state index in [4.69, 9.17) is 0 Å². The minimum absolute atomic E-state index is 0.0581. The van der Waals surface area contributed by atoms with Gasteiger partial charge in [-0.25, -0.2) is 4.99 Å². The molecule has 3 aliphatic rings. The van der Waals surface area contributed by atoms with Gasteiger partial charge in [0, 0.05) is 49.1 Å². The summed E-state index contributed by atoms with van der Waals surface area (Å²) in [6.07, 6.45) is 12.7. The highest BCUT2D eigenvalue weighted by Crippen LogP contribution is 2.50. The molecule has 2 aliphatic heterocycles. The number of fused-ring (bicyclic) bond motifs is 3. The van der Waals surface area contributed by atoms with Gasteiger partial charge in [0.05, 0.1) is 17.9 Å². The Morgan fingerprint density at radius 3 is 2.38 bits per heavy atom. The number of nitrogens with zero attached hydrogens (tertiary/aromatic N) is 4. The summed E-state index contributed by atoms with van der Waals surface area (Å²) < 4.78 is 2.42. The molecule has 242 valence electrons. The third-order valence-corrected chi connectivity index (χ3v) is 10.7. The maximum atomic E-state index is 13.6. The summed E-state index contributed by atoms with van der Waals surface area (Å²) >= 11 is 1.77. The molecule has 0 radical (unpaired) electrons. The van der Waals surface area contributed by atoms with Gasteiger partial charge >= 0.3 is 0 Å². The largest absolute Gasteiger partial charge is 0.356 e. The van der Waals surface area contributed by atoms with Gasteiger partial charge in [0.1, 0.15) is 5.82 Å². The van der Waals surface area contributed by atoms with Crippen molar-refractivity contribution in [2.75, 3.05) is 36.0 Å². The molecular formula is C40H45N5OS. The van der Waals surface area contributed by atoms with Gasteiger partial charge in [0.15, 0.2) is 0 Å². The topological polar surface area (TPSA) is 60.3 Å². The number of hydrogen-bond acceptors (Lipinski definition) is 6. The first-order valence-corrected chi connectivity index (χ1v) is 17.7. The molecule has 1 aliphatic carbocycles. The fraction of sp³-hybridized carbons (Fsp3) is 0.325. The van der Waals surface area contributed by atoms with E-state index in [-0.39, 0.29) is 11.8 Å². The Hall–Kier alpha value is -4.36. The Bertz CT molecular complexity index is 1840. The summed E-state index contributed by atoms with van der Waals surface area (Å²) in [7, 11) is 1.79. The second kappa shape index (κ2) is 13.8. The number of rotatable bonds is 7. The molecular weight excluding hydrogens is 599 g/mol. The highest BCUT2D eigenvalue weighted by atomic mass is 32.2. The smallest absolute Gasteiger partial charge is 0.227 e. The fourth-order valence-corrected chi connectivity index (χ4v) is 8.17. The van der Waals surface area contributed by atoms with Crippen LogP contribution in [0.5, 0.6) is 0 Å². The summed E-state index contributed by atoms with van der Waals surface area (Å²) in [4.78, 5) is 24.6. The maximum Gasteiger partial charge on any atom is 0.227 e. The van der Waals surface area contributed by atoms with E-state index in [1.54, 1.807) is 19.0 Å². The molecule has 0 unspecified atom stereocenters. The number of carbonyl (C=O) groups is 1. The molecule has 6 rings (SSSR count). The Balaban J connectivity index is 1.25. The molecule has 0 aromatic heterocycles. The van der Waals surface area contributed by atoms with Gasteiger partial charge < -0.3 is 14.5 Å². The molecule has 47 heavy (non-hydrogen) atoms. The number of carbonyl (C=O) groups excluding carboxylic acids is 1. The van der Waals surface area contributed by atoms with Crippen molar-refractivity contribution in [3.05, 3.63) is 106 Å². The molecule has 3 aromatic rings. The third-order valence-electron chi connectivity index (χ3n) is 9.92. The molecule has 6 nitrogen and oxygen atoms in total. The van der Waals surface area contributed by atoms with Crippen LogP contribution in [0.15, 0.2) is 88.1 Å². The first-order chi connectivity index (χ1) is 22.8. The number of aliphatic imine (C=N–C) groups is 2. The minimum atomic E-state index is -0.0581. The van der Waals surface area contributed by atoms with Crippen LogP contribution in [0.2, 0.25) is 0 Å². The summed E-state index contributed by atoms with van der Waals surface area (Å²) in [6.45, 7) is 15.1. The van der Waals surface area contributed by atoms with Gasteiger partial charge in [-0.1, -0.05) is 66.9 Å². The zero-order chi connectivity index (χ0) is 33.2. The van der Waals surface area contributed by atoms with Crippen molar-refractivity contribution in [1.29, 1.82) is 0 Å². The van der Waals surface area contributed by atoms with E-state index in [0.717, 1.165) is 61.7 Å². The Morgan fingerprint density at radius 2 is 1.72 bits per heavy atom. The molecule has 1 fully saturated rings. The second-order valence-electron chi connectivity index (χ2n) is 12.6. The van der Waals surface area contributed by atoms with E-state index in [2.05, 4.69) is 108 Å². The Labute approximate surface area is 284 Å². The quantitative estimate of drug-likeness (QED) is 0.206. The average Bonchev–Trinajstić information content (AvgIpc) is 3.10. The lowest BCUT2D eigenvalue weighted by Crippen LogP contribution is -2.38. The van der Waals surface area contributed by atoms with E-state index in [1.165, 1.54) is 55.8 Å². The SMILES string of the molecule is C=N/C(=C1/C=CC=CC1=NC)N1CCC(C(=O)Nc2ccc3c(c2)CN(SC)c2c(C)c(CC)c(-c4ccc(C)cc4)c(C)c2-3)CC1. The predicted octanol–water partition coefficient (Wildman–Crippen LogP) is 8.87. The second-order valence-corrected chi connectivity index (χ2v) is 13.4. The van der Waals surface area contributed by atoms with Crippen molar-refractivity contribution in [3.63, 3.8) is 0 Å². The first kappa shape index (κ1) is 32.6. The number of aryl methyl sites for hydroxylation is 1. The first-order valence-electron chi connectivity index (χ1n) is 16.6. The molecule has 1 N–H and O–H groups in total. The molecule has 0 bridgehead atoms. The number of hydrogen-bond donors (Lipinski definition) is 1. The highest BCUT2D eigenvalue weighted by Gasteiger charge is 2.31. The van der Waals surface area contributed by atoms with Crippen LogP contribution in [0.4, 0.5) is 11.4 Å². The molecule has 7 heteroatoms. The Kier molecular flexibility index (Phi) is 9.55. The molecule has 1 amide bonds. The lowest BCUT2D eigenvalue weighted by Gasteiger charge is -2.36. The molecule has 0 spiro atoms. The van der Waals surface area contributed by atoms with Gasteiger partial charge in [-0.15, -0.1) is 0 Å². The summed E-state index contributed by atoms with van der Waals surface area (Å²) in [5.41, 5.74) is 15.8. The number of anilines is 2. The normalized spacial score (nSPS) is 17.9. The summed E-state index contributed by atoms with van der Waals surface area (Å²) in [6, 6.07) is 15.4. The number of likely N-dealkylation sites (tertiary alicyclic amines) is 1. The lowest BCUT2D eigenvalue weighted by molar-refractivity contribution is -0.121. The molecule has 0 atom stereocenters. The number of nitrogens with one attached hydrogen (secondary N) is 1. The molecule has 0 saturated carbocycles. The van der Waals surface area contributed by atoms with E-state index >= 15 is 0 Å². The summed E-state index contributed by atoms with van der Waals surface area (Å²) in [5.74, 6) is 0.860. The van der Waals surface area contributed by atoms with Crippen molar-refractivity contribution in [1.82, 2.24) is 4.90 Å². The standard InChI is InChI=1S/C40H45N5OS/c1-8-32-26(3)38-37(27(4)36(32)28-15-13-25(2)14-16-28)33-18-17-31(23-30(33)24-45(38)47-7)43-40(46)29-19-21-44(22-20-29)39(42-6)34-11-9-10-12-35(34)41-5/h9-18,23,29H,6,8,19-22,24H2,1-5,7H3,(H,43,46)/b39-34+,41-35?. The average molecular weight is 644 g/mol. The van der Waals surface area contributed by atoms with Crippen LogP contribution in [-0.4, -0.2) is 49.6 Å². The van der Waals surface area contributed by atoms with Gasteiger partial charge in [0.25, 0.3) is 0 Å². The van der Waals surface area contributed by atoms with Crippen LogP contribution in [-0.2, 0) is 17.8 Å². The van der Waals surface area contributed by atoms with Crippen LogP contribution < -0.4 is 9.62 Å². The zero-order valence-corrected chi connectivity index (χ0v) is 29.3. The van der Waals surface area contributed by atoms with E-state index < -0.39 is 0 Å². The number of amides is 1. The van der Waals surface area contributed by atoms with Crippen LogP contribution in [0.3, 0.4) is 0 Å². The highest BCUT2D eigenvalue weighted by molar-refractivity contribution is 7.99. The van der Waals surface area contributed by atoms with E-state index in [9.17, 15) is 4.79 Å². The molecule has 1 saturated heterocycles. The predicted molar refractivity (Wildman–Crippen MR) is 202 cm³/mol. The van der Waals surface area contributed by atoms with Gasteiger partial charge in [-0.2, -0.15) is 0 Å². The minimum Gasteiger partial charge on any atom is -0.356 e. The zero-order valence-electron chi connectivity index (χ0n) is 28.5. The van der Waals surface area contributed by atoms with Crippen molar-refractivity contribution >= 4 is 41.7 Å². The molecule has 2 heterocycles. The lowest BCUT2D eigenvalue weighted by atomic mass is 9.81. The van der Waals surface area contributed by atoms with E-state index in [0.29, 0.717) is 0 Å². The van der Waals surface area contributed by atoms with Gasteiger partial charge in [-0.3, -0.25) is 9.79 Å².